The number of carbonyl (C=O) groups is 2. The van der Waals surface area contributed by atoms with Crippen LogP contribution in [0.15, 0.2) is 24.3 Å². The average molecular weight is 322 g/mol. The molecule has 1 rings (SSSR count). The molecule has 0 heterocycles. The number of benzene rings is 1. The van der Waals surface area contributed by atoms with Crippen molar-refractivity contribution < 1.29 is 19.1 Å². The first-order chi connectivity index (χ1) is 10.6. The van der Waals surface area contributed by atoms with E-state index in [-0.39, 0.29) is 23.9 Å². The van der Waals surface area contributed by atoms with E-state index in [0.29, 0.717) is 11.5 Å². The summed E-state index contributed by atoms with van der Waals surface area (Å²) in [5, 5.41) is 2.82. The smallest absolute Gasteiger partial charge is 0.263 e. The Morgan fingerprint density at radius 1 is 1.17 bits per heavy atom. The number of nitrogens with zero attached hydrogens (tertiary/aromatic N) is 1. The van der Waals surface area contributed by atoms with E-state index in [0.717, 1.165) is 0 Å². The van der Waals surface area contributed by atoms with Crippen molar-refractivity contribution in [2.75, 3.05) is 20.7 Å². The zero-order valence-corrected chi connectivity index (χ0v) is 14.7. The van der Waals surface area contributed by atoms with Crippen LogP contribution in [-0.2, 0) is 9.59 Å². The Labute approximate surface area is 137 Å². The first-order valence-corrected chi connectivity index (χ1v) is 7.49. The van der Waals surface area contributed by atoms with Crippen molar-refractivity contribution >= 4 is 11.8 Å². The number of ether oxygens (including phenoxy) is 2. The summed E-state index contributed by atoms with van der Waals surface area (Å²) >= 11 is 0. The van der Waals surface area contributed by atoms with Crippen LogP contribution >= 0.6 is 0 Å². The Bertz CT molecular complexity index is 535. The van der Waals surface area contributed by atoms with Gasteiger partial charge in [-0.25, -0.2) is 0 Å². The van der Waals surface area contributed by atoms with Crippen molar-refractivity contribution in [3.8, 4) is 11.5 Å². The number of methoxy groups -OCH3 is 1. The molecule has 0 bridgehead atoms. The molecule has 1 aromatic rings. The van der Waals surface area contributed by atoms with Gasteiger partial charge in [0.1, 0.15) is 11.5 Å². The number of hydrogen-bond acceptors (Lipinski definition) is 4. The van der Waals surface area contributed by atoms with Gasteiger partial charge in [-0.15, -0.1) is 0 Å². The first kappa shape index (κ1) is 18.8. The molecule has 128 valence electrons. The third-order valence-corrected chi connectivity index (χ3v) is 2.99. The first-order valence-electron chi connectivity index (χ1n) is 7.49. The zero-order chi connectivity index (χ0) is 17.6. The SMILES string of the molecule is COc1ccc(O[C@H](C)C(=O)N(C)CC(=O)NC(C)(C)C)cc1. The normalized spacial score (nSPS) is 12.3. The maximum Gasteiger partial charge on any atom is 0.263 e. The summed E-state index contributed by atoms with van der Waals surface area (Å²) in [5.41, 5.74) is -0.327. The summed E-state index contributed by atoms with van der Waals surface area (Å²) in [4.78, 5) is 25.5. The van der Waals surface area contributed by atoms with Gasteiger partial charge in [-0.05, 0) is 52.0 Å². The van der Waals surface area contributed by atoms with Crippen LogP contribution in [0.25, 0.3) is 0 Å². The lowest BCUT2D eigenvalue weighted by atomic mass is 10.1. The van der Waals surface area contributed by atoms with Crippen LogP contribution < -0.4 is 14.8 Å². The molecule has 1 atom stereocenters. The molecule has 0 spiro atoms. The molecule has 2 amide bonds. The maximum absolute atomic E-state index is 12.3. The molecule has 6 nitrogen and oxygen atoms in total. The number of amides is 2. The minimum atomic E-state index is -0.684. The summed E-state index contributed by atoms with van der Waals surface area (Å²) < 4.78 is 10.7. The fourth-order valence-electron chi connectivity index (χ4n) is 1.97. The number of likely N-dealkylation sites (N-methyl/N-ethyl adjacent to an activating group) is 1. The van der Waals surface area contributed by atoms with Gasteiger partial charge in [0.15, 0.2) is 6.10 Å². The van der Waals surface area contributed by atoms with Crippen LogP contribution in [0.4, 0.5) is 0 Å². The molecule has 0 fully saturated rings. The van der Waals surface area contributed by atoms with Crippen LogP contribution in [0.3, 0.4) is 0 Å². The van der Waals surface area contributed by atoms with Crippen LogP contribution in [0, 0.1) is 0 Å². The number of rotatable bonds is 6. The second kappa shape index (κ2) is 7.85. The molecule has 6 heteroatoms. The van der Waals surface area contributed by atoms with Crippen LogP contribution in [0.5, 0.6) is 11.5 Å². The molecule has 1 aromatic carbocycles. The van der Waals surface area contributed by atoms with Gasteiger partial charge in [-0.3, -0.25) is 9.59 Å². The van der Waals surface area contributed by atoms with E-state index in [1.807, 2.05) is 20.8 Å². The second-order valence-electron chi connectivity index (χ2n) is 6.43. The van der Waals surface area contributed by atoms with Crippen molar-refractivity contribution in [1.82, 2.24) is 10.2 Å². The predicted octanol–water partition coefficient (Wildman–Crippen LogP) is 1.84. The van der Waals surface area contributed by atoms with Gasteiger partial charge in [0.2, 0.25) is 5.91 Å². The fourth-order valence-corrected chi connectivity index (χ4v) is 1.97. The van der Waals surface area contributed by atoms with E-state index in [1.165, 1.54) is 4.90 Å². The van der Waals surface area contributed by atoms with Gasteiger partial charge >= 0.3 is 0 Å². The lowest BCUT2D eigenvalue weighted by molar-refractivity contribution is -0.140. The van der Waals surface area contributed by atoms with Gasteiger partial charge in [0.05, 0.1) is 13.7 Å². The molecule has 0 unspecified atom stereocenters. The fraction of sp³-hybridized carbons (Fsp3) is 0.529. The molecular weight excluding hydrogens is 296 g/mol. The second-order valence-corrected chi connectivity index (χ2v) is 6.43. The van der Waals surface area contributed by atoms with Crippen molar-refractivity contribution in [3.63, 3.8) is 0 Å². The third kappa shape index (κ3) is 6.59. The molecule has 23 heavy (non-hydrogen) atoms. The lowest BCUT2D eigenvalue weighted by Crippen LogP contribution is -2.48. The minimum Gasteiger partial charge on any atom is -0.497 e. The van der Waals surface area contributed by atoms with Gasteiger partial charge in [-0.1, -0.05) is 0 Å². The summed E-state index contributed by atoms with van der Waals surface area (Å²) in [7, 11) is 3.16. The molecule has 0 aliphatic carbocycles. The minimum absolute atomic E-state index is 0.00752. The van der Waals surface area contributed by atoms with E-state index >= 15 is 0 Å². The number of carbonyl (C=O) groups excluding carboxylic acids is 2. The molecule has 0 saturated heterocycles. The molecule has 0 aromatic heterocycles. The van der Waals surface area contributed by atoms with Crippen molar-refractivity contribution in [3.05, 3.63) is 24.3 Å². The lowest BCUT2D eigenvalue weighted by Gasteiger charge is -2.25. The topological polar surface area (TPSA) is 67.9 Å². The van der Waals surface area contributed by atoms with Gasteiger partial charge in [0.25, 0.3) is 5.91 Å². The van der Waals surface area contributed by atoms with Gasteiger partial charge in [0, 0.05) is 12.6 Å². The standard InChI is InChI=1S/C17H26N2O4/c1-12(23-14-9-7-13(22-6)8-10-14)16(21)19(5)11-15(20)18-17(2,3)4/h7-10,12H,11H2,1-6H3,(H,18,20)/t12-/m1/s1. The molecule has 0 saturated carbocycles. The van der Waals surface area contributed by atoms with Gasteiger partial charge < -0.3 is 19.7 Å². The highest BCUT2D eigenvalue weighted by molar-refractivity contribution is 5.87. The highest BCUT2D eigenvalue weighted by atomic mass is 16.5. The molecule has 0 radical (unpaired) electrons. The Balaban J connectivity index is 2.55. The van der Waals surface area contributed by atoms with Crippen LogP contribution in [-0.4, -0.2) is 49.1 Å². The van der Waals surface area contributed by atoms with Crippen LogP contribution in [0.1, 0.15) is 27.7 Å². The van der Waals surface area contributed by atoms with Crippen molar-refractivity contribution in [2.45, 2.75) is 39.3 Å². The molecule has 0 aliphatic heterocycles. The van der Waals surface area contributed by atoms with Gasteiger partial charge in [-0.2, -0.15) is 0 Å². The molecular formula is C17H26N2O4. The number of nitrogens with one attached hydrogen (secondary N) is 1. The third-order valence-electron chi connectivity index (χ3n) is 2.99. The number of hydrogen-bond donors (Lipinski definition) is 1. The van der Waals surface area contributed by atoms with E-state index in [4.69, 9.17) is 9.47 Å². The maximum atomic E-state index is 12.3. The van der Waals surface area contributed by atoms with E-state index < -0.39 is 6.10 Å². The Morgan fingerprint density at radius 3 is 2.17 bits per heavy atom. The Morgan fingerprint density at radius 2 is 1.70 bits per heavy atom. The monoisotopic (exact) mass is 322 g/mol. The average Bonchev–Trinajstić information content (AvgIpc) is 2.45. The Hall–Kier alpha value is -2.24. The summed E-state index contributed by atoms with van der Waals surface area (Å²) in [6.07, 6.45) is -0.684. The Kier molecular flexibility index (Phi) is 6.42. The highest BCUT2D eigenvalue weighted by Gasteiger charge is 2.22. The quantitative estimate of drug-likeness (QED) is 0.868. The summed E-state index contributed by atoms with van der Waals surface area (Å²) in [6.45, 7) is 7.32. The van der Waals surface area contributed by atoms with E-state index in [9.17, 15) is 9.59 Å². The zero-order valence-electron chi connectivity index (χ0n) is 14.7. The van der Waals surface area contributed by atoms with Crippen LogP contribution in [0.2, 0.25) is 0 Å². The highest BCUT2D eigenvalue weighted by Crippen LogP contribution is 2.18. The van der Waals surface area contributed by atoms with E-state index in [2.05, 4.69) is 5.32 Å². The van der Waals surface area contributed by atoms with Crippen molar-refractivity contribution in [2.24, 2.45) is 0 Å². The predicted molar refractivity (Wildman–Crippen MR) is 88.6 cm³/mol. The van der Waals surface area contributed by atoms with E-state index in [1.54, 1.807) is 45.3 Å². The summed E-state index contributed by atoms with van der Waals surface area (Å²) in [5.74, 6) is 0.821. The molecule has 0 aliphatic rings. The van der Waals surface area contributed by atoms with Crippen molar-refractivity contribution in [1.29, 1.82) is 0 Å². The summed E-state index contributed by atoms with van der Waals surface area (Å²) in [6, 6.07) is 6.98. The largest absolute Gasteiger partial charge is 0.497 e. The molecule has 1 N–H and O–H groups in total.